The Morgan fingerprint density at radius 3 is 2.15 bits per heavy atom. The number of hydrogen-bond donors (Lipinski definition) is 1. The van der Waals surface area contributed by atoms with Crippen LogP contribution in [0.4, 0.5) is 5.69 Å². The maximum Gasteiger partial charge on any atom is 0.349 e. The Kier molecular flexibility index (Phi) is 6.48. The number of nitrogens with one attached hydrogen (secondary N) is 1. The van der Waals surface area contributed by atoms with Crippen molar-refractivity contribution in [2.75, 3.05) is 11.8 Å². The first kappa shape index (κ1) is 22.6. The number of aryl methyl sites for hydroxylation is 1. The van der Waals surface area contributed by atoms with Crippen LogP contribution in [0.3, 0.4) is 0 Å². The molecule has 33 heavy (non-hydrogen) atoms. The lowest BCUT2D eigenvalue weighted by Crippen LogP contribution is -2.16. The van der Waals surface area contributed by atoms with Gasteiger partial charge >= 0.3 is 5.97 Å². The van der Waals surface area contributed by atoms with E-state index >= 15 is 0 Å². The predicted molar refractivity (Wildman–Crippen MR) is 130 cm³/mol. The quantitative estimate of drug-likeness (QED) is 0.324. The molecule has 3 aromatic carbocycles. The van der Waals surface area contributed by atoms with E-state index in [0.29, 0.717) is 28.3 Å². The number of carbonyl (C=O) groups excluding carboxylic acids is 1. The number of ether oxygens (including phenoxy) is 2. The molecule has 0 spiro atoms. The number of sulfonamides is 1. The van der Waals surface area contributed by atoms with Gasteiger partial charge in [0.1, 0.15) is 21.3 Å². The first-order valence-electron chi connectivity index (χ1n) is 10.00. The molecule has 4 rings (SSSR count). The standard InChI is InChI=1S/C25H21NO5S2/c1-17-8-10-18(11-9-17)22-16-32-23(25(27)30-2)24(22)33(28,29)26-19-12-14-21(15-13-19)31-20-6-4-3-5-7-20/h3-16,26H,1-2H3. The molecule has 0 atom stereocenters. The van der Waals surface area contributed by atoms with Gasteiger partial charge in [0.25, 0.3) is 10.0 Å². The Bertz CT molecular complexity index is 1360. The number of benzene rings is 3. The van der Waals surface area contributed by atoms with Crippen molar-refractivity contribution in [3.05, 3.63) is 94.7 Å². The minimum absolute atomic E-state index is 0.0182. The molecule has 0 aliphatic rings. The van der Waals surface area contributed by atoms with Gasteiger partial charge in [-0.3, -0.25) is 4.72 Å². The van der Waals surface area contributed by atoms with Crippen LogP contribution in [-0.4, -0.2) is 21.5 Å². The number of para-hydroxylation sites is 1. The molecule has 1 heterocycles. The Balaban J connectivity index is 1.65. The molecule has 0 aliphatic heterocycles. The molecule has 1 aromatic heterocycles. The minimum Gasteiger partial charge on any atom is -0.465 e. The van der Waals surface area contributed by atoms with Gasteiger partial charge in [-0.15, -0.1) is 11.3 Å². The summed E-state index contributed by atoms with van der Waals surface area (Å²) in [5.41, 5.74) is 2.52. The largest absolute Gasteiger partial charge is 0.465 e. The fourth-order valence-corrected chi connectivity index (χ4v) is 5.98. The molecule has 6 nitrogen and oxygen atoms in total. The highest BCUT2D eigenvalue weighted by molar-refractivity contribution is 7.93. The van der Waals surface area contributed by atoms with Crippen LogP contribution in [0.5, 0.6) is 11.5 Å². The van der Waals surface area contributed by atoms with E-state index in [0.717, 1.165) is 16.9 Å². The van der Waals surface area contributed by atoms with E-state index in [1.807, 2.05) is 61.5 Å². The second-order valence-electron chi connectivity index (χ2n) is 7.21. The van der Waals surface area contributed by atoms with Crippen molar-refractivity contribution >= 4 is 33.0 Å². The summed E-state index contributed by atoms with van der Waals surface area (Å²) in [5.74, 6) is 0.537. The van der Waals surface area contributed by atoms with Gasteiger partial charge in [-0.1, -0.05) is 48.0 Å². The number of rotatable bonds is 7. The molecular weight excluding hydrogens is 458 g/mol. The fourth-order valence-electron chi connectivity index (χ4n) is 3.20. The molecule has 0 unspecified atom stereocenters. The van der Waals surface area contributed by atoms with Crippen molar-refractivity contribution < 1.29 is 22.7 Å². The lowest BCUT2D eigenvalue weighted by Gasteiger charge is -2.12. The average molecular weight is 480 g/mol. The van der Waals surface area contributed by atoms with E-state index in [9.17, 15) is 13.2 Å². The molecule has 8 heteroatoms. The number of carbonyl (C=O) groups is 1. The Morgan fingerprint density at radius 2 is 1.52 bits per heavy atom. The van der Waals surface area contributed by atoms with Crippen LogP contribution in [0.2, 0.25) is 0 Å². The monoisotopic (exact) mass is 479 g/mol. The molecule has 4 aromatic rings. The van der Waals surface area contributed by atoms with Gasteiger partial charge in [-0.25, -0.2) is 13.2 Å². The van der Waals surface area contributed by atoms with Gasteiger partial charge in [0.2, 0.25) is 0 Å². The second-order valence-corrected chi connectivity index (χ2v) is 9.71. The first-order chi connectivity index (χ1) is 15.9. The van der Waals surface area contributed by atoms with Crippen molar-refractivity contribution in [2.24, 2.45) is 0 Å². The Labute approximate surface area is 196 Å². The number of anilines is 1. The Hall–Kier alpha value is -3.62. The summed E-state index contributed by atoms with van der Waals surface area (Å²) in [6, 6.07) is 23.2. The lowest BCUT2D eigenvalue weighted by atomic mass is 10.1. The zero-order valence-electron chi connectivity index (χ0n) is 17.9. The molecule has 0 aliphatic carbocycles. The average Bonchev–Trinajstić information content (AvgIpc) is 3.27. The van der Waals surface area contributed by atoms with E-state index in [4.69, 9.17) is 9.47 Å². The summed E-state index contributed by atoms with van der Waals surface area (Å²) in [4.78, 5) is 12.2. The van der Waals surface area contributed by atoms with Crippen LogP contribution in [-0.2, 0) is 14.8 Å². The van der Waals surface area contributed by atoms with Gasteiger partial charge in [0, 0.05) is 16.6 Å². The second kappa shape index (κ2) is 9.48. The fraction of sp³-hybridized carbons (Fsp3) is 0.0800. The van der Waals surface area contributed by atoms with E-state index in [1.54, 1.807) is 29.6 Å². The molecular formula is C25H21NO5S2. The SMILES string of the molecule is COC(=O)c1scc(-c2ccc(C)cc2)c1S(=O)(=O)Nc1ccc(Oc2ccccc2)cc1. The van der Waals surface area contributed by atoms with Crippen LogP contribution in [0.1, 0.15) is 15.2 Å². The van der Waals surface area contributed by atoms with Crippen molar-refractivity contribution in [1.29, 1.82) is 0 Å². The van der Waals surface area contributed by atoms with E-state index in [1.165, 1.54) is 7.11 Å². The summed E-state index contributed by atoms with van der Waals surface area (Å²) < 4.78 is 39.9. The number of thiophene rings is 1. The first-order valence-corrected chi connectivity index (χ1v) is 12.4. The van der Waals surface area contributed by atoms with Crippen molar-refractivity contribution in [3.63, 3.8) is 0 Å². The zero-order chi connectivity index (χ0) is 23.4. The van der Waals surface area contributed by atoms with Crippen molar-refractivity contribution in [2.45, 2.75) is 11.8 Å². The topological polar surface area (TPSA) is 81.7 Å². The number of methoxy groups -OCH3 is 1. The van der Waals surface area contributed by atoms with Gasteiger partial charge < -0.3 is 9.47 Å². The van der Waals surface area contributed by atoms with Crippen LogP contribution >= 0.6 is 11.3 Å². The highest BCUT2D eigenvalue weighted by atomic mass is 32.2. The lowest BCUT2D eigenvalue weighted by molar-refractivity contribution is 0.0602. The summed E-state index contributed by atoms with van der Waals surface area (Å²) in [5, 5.41) is 1.66. The van der Waals surface area contributed by atoms with Gasteiger partial charge in [-0.05, 0) is 48.9 Å². The molecule has 0 saturated heterocycles. The van der Waals surface area contributed by atoms with Gasteiger partial charge in [0.05, 0.1) is 7.11 Å². The molecule has 168 valence electrons. The molecule has 0 bridgehead atoms. The highest BCUT2D eigenvalue weighted by Gasteiger charge is 2.30. The van der Waals surface area contributed by atoms with Gasteiger partial charge in [0.15, 0.2) is 0 Å². The normalized spacial score (nSPS) is 11.1. The maximum atomic E-state index is 13.4. The summed E-state index contributed by atoms with van der Waals surface area (Å²) in [6.45, 7) is 1.95. The Morgan fingerprint density at radius 1 is 0.879 bits per heavy atom. The molecule has 0 amide bonds. The summed E-state index contributed by atoms with van der Waals surface area (Å²) in [6.07, 6.45) is 0. The van der Waals surface area contributed by atoms with E-state index < -0.39 is 16.0 Å². The van der Waals surface area contributed by atoms with Gasteiger partial charge in [-0.2, -0.15) is 0 Å². The van der Waals surface area contributed by atoms with Crippen LogP contribution < -0.4 is 9.46 Å². The molecule has 0 saturated carbocycles. The zero-order valence-corrected chi connectivity index (χ0v) is 19.6. The number of esters is 1. The number of hydrogen-bond acceptors (Lipinski definition) is 6. The van der Waals surface area contributed by atoms with Crippen LogP contribution in [0.25, 0.3) is 11.1 Å². The smallest absolute Gasteiger partial charge is 0.349 e. The summed E-state index contributed by atoms with van der Waals surface area (Å²) in [7, 11) is -2.87. The summed E-state index contributed by atoms with van der Waals surface area (Å²) >= 11 is 1.04. The van der Waals surface area contributed by atoms with Crippen LogP contribution in [0, 0.1) is 6.92 Å². The minimum atomic E-state index is -4.10. The van der Waals surface area contributed by atoms with E-state index in [2.05, 4.69) is 4.72 Å². The predicted octanol–water partition coefficient (Wildman–Crippen LogP) is 6.10. The third kappa shape index (κ3) is 5.08. The highest BCUT2D eigenvalue weighted by Crippen LogP contribution is 2.37. The third-order valence-corrected chi connectivity index (χ3v) is 7.39. The van der Waals surface area contributed by atoms with Crippen molar-refractivity contribution in [1.82, 2.24) is 0 Å². The third-order valence-electron chi connectivity index (χ3n) is 4.83. The maximum absolute atomic E-state index is 13.4. The van der Waals surface area contributed by atoms with E-state index in [-0.39, 0.29) is 9.77 Å². The molecule has 1 N–H and O–H groups in total. The van der Waals surface area contributed by atoms with Crippen molar-refractivity contribution in [3.8, 4) is 22.6 Å². The molecule has 0 fully saturated rings. The van der Waals surface area contributed by atoms with Crippen LogP contribution in [0.15, 0.2) is 89.1 Å². The molecule has 0 radical (unpaired) electrons.